The lowest BCUT2D eigenvalue weighted by Crippen LogP contribution is -2.36. The van der Waals surface area contributed by atoms with Crippen LogP contribution in [-0.4, -0.2) is 26.7 Å². The Balaban J connectivity index is 2.31. The van der Waals surface area contributed by atoms with E-state index in [0.29, 0.717) is 5.52 Å². The highest BCUT2D eigenvalue weighted by Crippen LogP contribution is 2.29. The highest BCUT2D eigenvalue weighted by Gasteiger charge is 2.22. The van der Waals surface area contributed by atoms with Gasteiger partial charge in [-0.05, 0) is 26.8 Å². The van der Waals surface area contributed by atoms with Gasteiger partial charge >= 0.3 is 0 Å². The van der Waals surface area contributed by atoms with Gasteiger partial charge in [-0.25, -0.2) is 5.10 Å². The molecule has 3 rings (SSSR count). The summed E-state index contributed by atoms with van der Waals surface area (Å²) in [6, 6.07) is 7.20. The molecule has 0 fully saturated rings. The van der Waals surface area contributed by atoms with Crippen LogP contribution in [0.1, 0.15) is 26.8 Å². The molecule has 2 aromatic heterocycles. The molecule has 0 spiro atoms. The predicted octanol–water partition coefficient (Wildman–Crippen LogP) is 1.96. The van der Waals surface area contributed by atoms with Crippen molar-refractivity contribution >= 4 is 27.7 Å². The number of aromatic nitrogens is 3. The minimum absolute atomic E-state index is 0.0444. The fourth-order valence-corrected chi connectivity index (χ4v) is 2.78. The van der Waals surface area contributed by atoms with Crippen molar-refractivity contribution in [3.05, 3.63) is 40.8 Å². The molecule has 0 unspecified atom stereocenters. The summed E-state index contributed by atoms with van der Waals surface area (Å²) in [5.74, 6) is -0.117. The van der Waals surface area contributed by atoms with Gasteiger partial charge in [0.05, 0.1) is 11.7 Å². The average molecular weight is 298 g/mol. The number of nitrogens with zero attached hydrogens (tertiary/aromatic N) is 2. The number of amides is 1. The van der Waals surface area contributed by atoms with Crippen molar-refractivity contribution in [3.63, 3.8) is 0 Å². The van der Waals surface area contributed by atoms with Gasteiger partial charge < -0.3 is 9.88 Å². The number of hydrogen-bond acceptors (Lipinski definition) is 3. The van der Waals surface area contributed by atoms with Gasteiger partial charge in [0, 0.05) is 16.8 Å². The Morgan fingerprint density at radius 1 is 1.23 bits per heavy atom. The molecule has 114 valence electrons. The number of carbonyl (C=O) groups excluding carboxylic acids is 1. The molecule has 0 aliphatic carbocycles. The Labute approximate surface area is 127 Å². The summed E-state index contributed by atoms with van der Waals surface area (Å²) in [6.07, 6.45) is 1.63. The average Bonchev–Trinajstić information content (AvgIpc) is 2.82. The number of hydrogen-bond donors (Lipinski definition) is 2. The summed E-state index contributed by atoms with van der Waals surface area (Å²) in [5.41, 5.74) is 1.03. The first-order chi connectivity index (χ1) is 10.5. The van der Waals surface area contributed by atoms with Crippen molar-refractivity contribution in [3.8, 4) is 0 Å². The van der Waals surface area contributed by atoms with Gasteiger partial charge in [0.25, 0.3) is 5.56 Å². The second-order valence-corrected chi connectivity index (χ2v) is 5.69. The highest BCUT2D eigenvalue weighted by molar-refractivity contribution is 6.08. The fraction of sp³-hybridized carbons (Fsp3) is 0.312. The van der Waals surface area contributed by atoms with E-state index in [1.54, 1.807) is 17.7 Å². The molecule has 1 atom stereocenters. The van der Waals surface area contributed by atoms with Gasteiger partial charge in [0.15, 0.2) is 0 Å². The van der Waals surface area contributed by atoms with E-state index in [0.717, 1.165) is 16.3 Å². The number of benzene rings is 1. The van der Waals surface area contributed by atoms with E-state index < -0.39 is 6.04 Å². The number of rotatable bonds is 3. The maximum absolute atomic E-state index is 12.4. The molecule has 0 radical (unpaired) electrons. The van der Waals surface area contributed by atoms with E-state index >= 15 is 0 Å². The number of aromatic amines is 1. The maximum atomic E-state index is 12.4. The summed E-state index contributed by atoms with van der Waals surface area (Å²) >= 11 is 0. The molecule has 22 heavy (non-hydrogen) atoms. The number of nitrogens with one attached hydrogen (secondary N) is 2. The molecule has 1 aromatic carbocycles. The zero-order chi connectivity index (χ0) is 15.9. The summed E-state index contributed by atoms with van der Waals surface area (Å²) in [6.45, 7) is 5.61. The topological polar surface area (TPSA) is 79.8 Å². The molecule has 6 heteroatoms. The molecule has 1 amide bonds. The van der Waals surface area contributed by atoms with Crippen LogP contribution >= 0.6 is 0 Å². The van der Waals surface area contributed by atoms with Crippen LogP contribution in [0.3, 0.4) is 0 Å². The zero-order valence-corrected chi connectivity index (χ0v) is 12.8. The number of carbonyl (C=O) groups is 1. The van der Waals surface area contributed by atoms with Gasteiger partial charge in [0.1, 0.15) is 11.6 Å². The molecule has 3 aromatic rings. The van der Waals surface area contributed by atoms with Crippen LogP contribution in [0.25, 0.3) is 21.8 Å². The second-order valence-electron chi connectivity index (χ2n) is 5.69. The quantitative estimate of drug-likeness (QED) is 0.775. The Kier molecular flexibility index (Phi) is 3.44. The summed E-state index contributed by atoms with van der Waals surface area (Å²) in [7, 11) is 0. The normalized spacial score (nSPS) is 12.9. The molecule has 0 saturated carbocycles. The number of para-hydroxylation sites is 1. The third kappa shape index (κ3) is 2.16. The van der Waals surface area contributed by atoms with Crippen molar-refractivity contribution in [1.82, 2.24) is 20.1 Å². The molecular weight excluding hydrogens is 280 g/mol. The smallest absolute Gasteiger partial charge is 0.288 e. The Morgan fingerprint density at radius 3 is 2.68 bits per heavy atom. The van der Waals surface area contributed by atoms with E-state index in [9.17, 15) is 9.59 Å². The van der Waals surface area contributed by atoms with E-state index in [4.69, 9.17) is 0 Å². The molecule has 0 aliphatic rings. The van der Waals surface area contributed by atoms with E-state index in [1.807, 2.05) is 38.1 Å². The van der Waals surface area contributed by atoms with Crippen molar-refractivity contribution in [2.45, 2.75) is 32.9 Å². The zero-order valence-electron chi connectivity index (χ0n) is 12.8. The lowest BCUT2D eigenvalue weighted by molar-refractivity contribution is -0.124. The molecule has 0 saturated heterocycles. The first-order valence-electron chi connectivity index (χ1n) is 7.27. The van der Waals surface area contributed by atoms with E-state index in [-0.39, 0.29) is 17.5 Å². The van der Waals surface area contributed by atoms with Gasteiger partial charge in [0.2, 0.25) is 5.91 Å². The standard InChI is InChI=1S/C16H18N4O2/c1-9(2)18-15(21)10(3)20-13-7-5-4-6-11(13)12-8-17-19-16(22)14(12)20/h4-10H,1-3H3,(H,18,21)(H,19,22)/t10-/m0/s1. The van der Waals surface area contributed by atoms with Crippen molar-refractivity contribution in [2.75, 3.05) is 0 Å². The van der Waals surface area contributed by atoms with Gasteiger partial charge in [-0.15, -0.1) is 0 Å². The monoisotopic (exact) mass is 298 g/mol. The molecule has 6 nitrogen and oxygen atoms in total. The lowest BCUT2D eigenvalue weighted by atomic mass is 10.2. The summed E-state index contributed by atoms with van der Waals surface area (Å²) < 4.78 is 1.78. The molecule has 0 aliphatic heterocycles. The molecule has 2 N–H and O–H groups in total. The van der Waals surface area contributed by atoms with E-state index in [1.165, 1.54) is 0 Å². The van der Waals surface area contributed by atoms with Crippen molar-refractivity contribution in [2.24, 2.45) is 0 Å². The Morgan fingerprint density at radius 2 is 1.95 bits per heavy atom. The molecule has 0 bridgehead atoms. The molecule has 2 heterocycles. The summed E-state index contributed by atoms with van der Waals surface area (Å²) in [5, 5.41) is 10.9. The van der Waals surface area contributed by atoms with E-state index in [2.05, 4.69) is 15.5 Å². The minimum atomic E-state index is -0.492. The number of fused-ring (bicyclic) bond motifs is 3. The van der Waals surface area contributed by atoms with Crippen molar-refractivity contribution in [1.29, 1.82) is 0 Å². The van der Waals surface area contributed by atoms with Crippen LogP contribution < -0.4 is 10.9 Å². The lowest BCUT2D eigenvalue weighted by Gasteiger charge is -2.18. The van der Waals surface area contributed by atoms with Crippen LogP contribution in [0.5, 0.6) is 0 Å². The van der Waals surface area contributed by atoms with Gasteiger partial charge in [-0.2, -0.15) is 5.10 Å². The minimum Gasteiger partial charge on any atom is -0.352 e. The fourth-order valence-electron chi connectivity index (χ4n) is 2.78. The molecular formula is C16H18N4O2. The highest BCUT2D eigenvalue weighted by atomic mass is 16.2. The van der Waals surface area contributed by atoms with Crippen LogP contribution in [0.4, 0.5) is 0 Å². The Bertz CT molecular complexity index is 907. The third-order valence-corrected chi connectivity index (χ3v) is 3.72. The SMILES string of the molecule is CC(C)NC(=O)[C@H](C)n1c2ccccc2c2cn[nH]c(=O)c21. The van der Waals surface area contributed by atoms with Crippen molar-refractivity contribution < 1.29 is 4.79 Å². The van der Waals surface area contributed by atoms with Crippen LogP contribution in [0.15, 0.2) is 35.3 Å². The third-order valence-electron chi connectivity index (χ3n) is 3.72. The second kappa shape index (κ2) is 5.29. The first kappa shape index (κ1) is 14.3. The number of H-pyrrole nitrogens is 1. The predicted molar refractivity (Wildman–Crippen MR) is 85.8 cm³/mol. The van der Waals surface area contributed by atoms with Gasteiger partial charge in [-0.3, -0.25) is 9.59 Å². The largest absolute Gasteiger partial charge is 0.352 e. The van der Waals surface area contributed by atoms with Crippen LogP contribution in [0.2, 0.25) is 0 Å². The van der Waals surface area contributed by atoms with Crippen LogP contribution in [0, 0.1) is 0 Å². The van der Waals surface area contributed by atoms with Crippen LogP contribution in [-0.2, 0) is 4.79 Å². The first-order valence-corrected chi connectivity index (χ1v) is 7.27. The maximum Gasteiger partial charge on any atom is 0.288 e. The van der Waals surface area contributed by atoms with Gasteiger partial charge in [-0.1, -0.05) is 18.2 Å². The summed E-state index contributed by atoms with van der Waals surface area (Å²) in [4.78, 5) is 24.6. The Hall–Kier alpha value is -2.63.